The Balaban J connectivity index is 1.79. The molecule has 0 saturated carbocycles. The Bertz CT molecular complexity index is 1140. The Morgan fingerprint density at radius 2 is 1.37 bits per heavy atom. The zero-order valence-corrected chi connectivity index (χ0v) is 16.1. The van der Waals surface area contributed by atoms with Gasteiger partial charge in [-0.2, -0.15) is 13.2 Å². The van der Waals surface area contributed by atoms with Crippen molar-refractivity contribution in [2.24, 2.45) is 5.41 Å². The molecule has 0 aromatic heterocycles. The van der Waals surface area contributed by atoms with Crippen molar-refractivity contribution in [3.05, 3.63) is 53.1 Å². The number of anilines is 1. The van der Waals surface area contributed by atoms with Crippen LogP contribution < -0.4 is 4.90 Å². The predicted octanol–water partition coefficient (Wildman–Crippen LogP) is 2.85. The van der Waals surface area contributed by atoms with Crippen LogP contribution in [0.4, 0.5) is 18.9 Å². The lowest BCUT2D eigenvalue weighted by atomic mass is 9.69. The summed E-state index contributed by atoms with van der Waals surface area (Å²) in [5.74, 6) is -4.20. The number of imide groups is 2. The maximum absolute atomic E-state index is 13.8. The van der Waals surface area contributed by atoms with Gasteiger partial charge in [0.25, 0.3) is 29.0 Å². The van der Waals surface area contributed by atoms with Crippen LogP contribution in [-0.2, 0) is 25.4 Å². The summed E-state index contributed by atoms with van der Waals surface area (Å²) >= 11 is 0. The molecule has 2 aromatic carbocycles. The predicted molar refractivity (Wildman–Crippen MR) is 99.1 cm³/mol. The second kappa shape index (κ2) is 6.01. The third kappa shape index (κ3) is 2.31. The SMILES string of the molecule is Cc1ccc(-c2ccc(N3C(=O)C4(C(=O)N(C)C4=O)C3=O)cc2C(F)(F)F)c(C)c1. The van der Waals surface area contributed by atoms with Crippen LogP contribution in [0.25, 0.3) is 11.1 Å². The number of hydrogen-bond donors (Lipinski definition) is 0. The van der Waals surface area contributed by atoms with Crippen molar-refractivity contribution in [2.45, 2.75) is 20.0 Å². The maximum atomic E-state index is 13.8. The van der Waals surface area contributed by atoms with Crippen molar-refractivity contribution in [1.82, 2.24) is 4.90 Å². The van der Waals surface area contributed by atoms with Crippen LogP contribution in [-0.4, -0.2) is 35.6 Å². The van der Waals surface area contributed by atoms with E-state index in [1.807, 2.05) is 6.92 Å². The number of likely N-dealkylation sites (tertiary alicyclic amines) is 1. The third-order valence-corrected chi connectivity index (χ3v) is 5.54. The molecule has 154 valence electrons. The summed E-state index contributed by atoms with van der Waals surface area (Å²) in [6.07, 6.45) is -4.76. The Kier molecular flexibility index (Phi) is 3.97. The number of carbonyl (C=O) groups excluding carboxylic acids is 4. The lowest BCUT2D eigenvalue weighted by Gasteiger charge is -2.51. The van der Waals surface area contributed by atoms with E-state index in [1.165, 1.54) is 12.1 Å². The van der Waals surface area contributed by atoms with Crippen LogP contribution in [0.3, 0.4) is 0 Å². The van der Waals surface area contributed by atoms with Crippen LogP contribution in [0.5, 0.6) is 0 Å². The molecule has 0 N–H and O–H groups in total. The molecule has 6 nitrogen and oxygen atoms in total. The number of benzene rings is 2. The van der Waals surface area contributed by atoms with Crippen LogP contribution in [0.15, 0.2) is 36.4 Å². The number of amides is 4. The summed E-state index contributed by atoms with van der Waals surface area (Å²) in [6.45, 7) is 3.51. The average Bonchev–Trinajstić information content (AvgIpc) is 2.67. The highest BCUT2D eigenvalue weighted by Gasteiger charge is 2.79. The fraction of sp³-hybridized carbons (Fsp3) is 0.238. The van der Waals surface area contributed by atoms with E-state index in [-0.39, 0.29) is 11.3 Å². The molecule has 4 rings (SSSR count). The second-order valence-electron chi connectivity index (χ2n) is 7.41. The first-order valence-electron chi connectivity index (χ1n) is 8.92. The second-order valence-corrected chi connectivity index (χ2v) is 7.41. The molecule has 9 heteroatoms. The lowest BCUT2D eigenvalue weighted by molar-refractivity contribution is -0.184. The summed E-state index contributed by atoms with van der Waals surface area (Å²) in [7, 11) is 1.12. The largest absolute Gasteiger partial charge is 0.417 e. The van der Waals surface area contributed by atoms with Crippen LogP contribution in [0.1, 0.15) is 16.7 Å². The Morgan fingerprint density at radius 1 is 0.800 bits per heavy atom. The summed E-state index contributed by atoms with van der Waals surface area (Å²) in [5.41, 5.74) is -2.01. The van der Waals surface area contributed by atoms with Crippen LogP contribution >= 0.6 is 0 Å². The molecule has 0 atom stereocenters. The molecular weight excluding hydrogens is 401 g/mol. The normalized spacial score (nSPS) is 18.1. The highest BCUT2D eigenvalue weighted by Crippen LogP contribution is 2.48. The van der Waals surface area contributed by atoms with Gasteiger partial charge in [0.15, 0.2) is 0 Å². The zero-order valence-electron chi connectivity index (χ0n) is 16.1. The van der Waals surface area contributed by atoms with Crippen molar-refractivity contribution < 1.29 is 32.3 Å². The summed E-state index contributed by atoms with van der Waals surface area (Å²) < 4.78 is 41.4. The number of alkyl halides is 3. The van der Waals surface area contributed by atoms with Crippen molar-refractivity contribution in [1.29, 1.82) is 0 Å². The number of halogens is 3. The van der Waals surface area contributed by atoms with Gasteiger partial charge in [-0.25, -0.2) is 4.90 Å². The number of carbonyl (C=O) groups is 4. The molecule has 4 amide bonds. The summed E-state index contributed by atoms with van der Waals surface area (Å²) in [4.78, 5) is 50.0. The van der Waals surface area contributed by atoms with Gasteiger partial charge < -0.3 is 0 Å². The Morgan fingerprint density at radius 3 is 1.90 bits per heavy atom. The standard InChI is InChI=1S/C21H15F3N2O4/c1-10-4-6-13(11(2)8-10)14-7-5-12(9-15(14)21(22,23)24)26-18(29)20(19(26)30)16(27)25(3)17(20)28/h4-9H,1-3H3. The van der Waals surface area contributed by atoms with Gasteiger partial charge in [0, 0.05) is 7.05 Å². The number of aryl methyl sites for hydroxylation is 2. The number of β-lactam (4-membered cyclic amide) rings is 4. The van der Waals surface area contributed by atoms with E-state index < -0.39 is 40.8 Å². The first-order valence-corrected chi connectivity index (χ1v) is 8.92. The fourth-order valence-electron chi connectivity index (χ4n) is 3.96. The molecule has 2 aromatic rings. The van der Waals surface area contributed by atoms with Gasteiger partial charge >= 0.3 is 6.18 Å². The molecule has 0 bridgehead atoms. The molecule has 2 heterocycles. The van der Waals surface area contributed by atoms with Crippen molar-refractivity contribution in [2.75, 3.05) is 11.9 Å². The minimum absolute atomic E-state index is 0.102. The first-order chi connectivity index (χ1) is 13.9. The number of nitrogens with zero attached hydrogens (tertiary/aromatic N) is 2. The van der Waals surface area contributed by atoms with E-state index in [0.29, 0.717) is 27.0 Å². The number of hydrogen-bond acceptors (Lipinski definition) is 4. The van der Waals surface area contributed by atoms with E-state index in [1.54, 1.807) is 25.1 Å². The quantitative estimate of drug-likeness (QED) is 0.558. The Labute approximate surface area is 168 Å². The Hall–Kier alpha value is -3.49. The smallest absolute Gasteiger partial charge is 0.282 e. The fourth-order valence-corrected chi connectivity index (χ4v) is 3.96. The molecule has 0 unspecified atom stereocenters. The molecular formula is C21H15F3N2O4. The third-order valence-electron chi connectivity index (χ3n) is 5.54. The molecule has 0 aliphatic carbocycles. The summed E-state index contributed by atoms with van der Waals surface area (Å²) in [5, 5.41) is 0. The minimum Gasteiger partial charge on any atom is -0.282 e. The maximum Gasteiger partial charge on any atom is 0.417 e. The van der Waals surface area contributed by atoms with Gasteiger partial charge in [-0.05, 0) is 42.7 Å². The van der Waals surface area contributed by atoms with Gasteiger partial charge in [-0.3, -0.25) is 24.1 Å². The van der Waals surface area contributed by atoms with Crippen LogP contribution in [0.2, 0.25) is 0 Å². The average molecular weight is 416 g/mol. The highest BCUT2D eigenvalue weighted by atomic mass is 19.4. The first kappa shape index (κ1) is 19.8. The summed E-state index contributed by atoms with van der Waals surface area (Å²) in [6, 6.07) is 8.08. The van der Waals surface area contributed by atoms with E-state index in [4.69, 9.17) is 0 Å². The van der Waals surface area contributed by atoms with Gasteiger partial charge in [0.2, 0.25) is 0 Å². The molecule has 2 fully saturated rings. The van der Waals surface area contributed by atoms with Crippen LogP contribution in [0, 0.1) is 19.3 Å². The molecule has 0 radical (unpaired) electrons. The molecule has 30 heavy (non-hydrogen) atoms. The van der Waals surface area contributed by atoms with Gasteiger partial charge in [0.1, 0.15) is 0 Å². The van der Waals surface area contributed by atoms with Gasteiger partial charge in [-0.15, -0.1) is 0 Å². The molecule has 2 aliphatic rings. The van der Waals surface area contributed by atoms with E-state index in [9.17, 15) is 32.3 Å². The highest BCUT2D eigenvalue weighted by molar-refractivity contribution is 6.59. The molecule has 1 spiro atoms. The van der Waals surface area contributed by atoms with E-state index >= 15 is 0 Å². The van der Waals surface area contributed by atoms with E-state index in [0.717, 1.165) is 12.6 Å². The lowest BCUT2D eigenvalue weighted by Crippen LogP contribution is -2.83. The zero-order chi connectivity index (χ0) is 22.2. The van der Waals surface area contributed by atoms with Crippen molar-refractivity contribution in [3.63, 3.8) is 0 Å². The van der Waals surface area contributed by atoms with Gasteiger partial charge in [0.05, 0.1) is 11.3 Å². The van der Waals surface area contributed by atoms with Crippen molar-refractivity contribution >= 4 is 29.3 Å². The van der Waals surface area contributed by atoms with Gasteiger partial charge in [-0.1, -0.05) is 29.8 Å². The number of rotatable bonds is 2. The molecule has 2 aliphatic heterocycles. The van der Waals surface area contributed by atoms with E-state index in [2.05, 4.69) is 0 Å². The minimum atomic E-state index is -4.76. The molecule has 2 saturated heterocycles. The monoisotopic (exact) mass is 416 g/mol. The van der Waals surface area contributed by atoms with Crippen molar-refractivity contribution in [3.8, 4) is 11.1 Å². The topological polar surface area (TPSA) is 74.8 Å².